The summed E-state index contributed by atoms with van der Waals surface area (Å²) in [6.45, 7) is 0. The maximum absolute atomic E-state index is 12.8. The zero-order valence-electron chi connectivity index (χ0n) is 13.4. The van der Waals surface area contributed by atoms with E-state index in [1.165, 1.54) is 5.56 Å². The molecule has 0 aromatic heterocycles. The Hall–Kier alpha value is -2.62. The molecule has 1 aliphatic carbocycles. The lowest BCUT2D eigenvalue weighted by atomic mass is 9.82. The van der Waals surface area contributed by atoms with Gasteiger partial charge in [-0.15, -0.1) is 0 Å². The first-order valence-corrected chi connectivity index (χ1v) is 8.30. The molecule has 0 heterocycles. The maximum atomic E-state index is 12.8. The molecule has 4 nitrogen and oxygen atoms in total. The SMILES string of the molecule is O=C(O)CC(NC(=O)[C@@H]1CCCc2ccccc21)c1ccccc1. The van der Waals surface area contributed by atoms with Crippen LogP contribution in [0.3, 0.4) is 0 Å². The van der Waals surface area contributed by atoms with Crippen LogP contribution in [-0.4, -0.2) is 17.0 Å². The van der Waals surface area contributed by atoms with Crippen molar-refractivity contribution in [3.63, 3.8) is 0 Å². The Morgan fingerprint density at radius 3 is 2.54 bits per heavy atom. The molecule has 2 N–H and O–H groups in total. The Balaban J connectivity index is 1.80. The van der Waals surface area contributed by atoms with Crippen molar-refractivity contribution in [1.82, 2.24) is 5.32 Å². The Kier molecular flexibility index (Phi) is 4.94. The first kappa shape index (κ1) is 16.2. The molecule has 0 saturated heterocycles. The quantitative estimate of drug-likeness (QED) is 0.886. The number of carboxylic acids is 1. The molecule has 1 aliphatic rings. The Bertz CT molecular complexity index is 727. The second-order valence-corrected chi connectivity index (χ2v) is 6.21. The number of nitrogens with one attached hydrogen (secondary N) is 1. The number of carbonyl (C=O) groups excluding carboxylic acids is 1. The lowest BCUT2D eigenvalue weighted by Gasteiger charge is -2.27. The molecule has 124 valence electrons. The predicted molar refractivity (Wildman–Crippen MR) is 91.7 cm³/mol. The molecular weight excluding hydrogens is 302 g/mol. The van der Waals surface area contributed by atoms with Crippen LogP contribution in [0.1, 0.15) is 47.9 Å². The number of benzene rings is 2. The number of hydrogen-bond donors (Lipinski definition) is 2. The van der Waals surface area contributed by atoms with Gasteiger partial charge < -0.3 is 10.4 Å². The van der Waals surface area contributed by atoms with Crippen LogP contribution in [0.25, 0.3) is 0 Å². The fourth-order valence-electron chi connectivity index (χ4n) is 3.41. The number of aryl methyl sites for hydroxylation is 1. The highest BCUT2D eigenvalue weighted by Gasteiger charge is 2.28. The zero-order valence-corrected chi connectivity index (χ0v) is 13.4. The van der Waals surface area contributed by atoms with Gasteiger partial charge in [0.25, 0.3) is 0 Å². The molecule has 2 aromatic carbocycles. The molecule has 3 rings (SSSR count). The molecule has 0 fully saturated rings. The normalized spacial score (nSPS) is 17.6. The number of carboxylic acid groups (broad SMARTS) is 1. The van der Waals surface area contributed by atoms with Gasteiger partial charge in [0, 0.05) is 0 Å². The molecule has 2 aromatic rings. The number of hydrogen-bond acceptors (Lipinski definition) is 2. The second-order valence-electron chi connectivity index (χ2n) is 6.21. The van der Waals surface area contributed by atoms with Gasteiger partial charge >= 0.3 is 5.97 Å². The van der Waals surface area contributed by atoms with E-state index in [0.29, 0.717) is 0 Å². The van der Waals surface area contributed by atoms with E-state index < -0.39 is 12.0 Å². The van der Waals surface area contributed by atoms with Crippen LogP contribution in [0, 0.1) is 0 Å². The lowest BCUT2D eigenvalue weighted by molar-refractivity contribution is -0.137. The van der Waals surface area contributed by atoms with Crippen LogP contribution in [0.5, 0.6) is 0 Å². The topological polar surface area (TPSA) is 66.4 Å². The molecule has 1 unspecified atom stereocenters. The average Bonchev–Trinajstić information content (AvgIpc) is 2.61. The molecule has 24 heavy (non-hydrogen) atoms. The molecule has 0 bridgehead atoms. The smallest absolute Gasteiger partial charge is 0.305 e. The van der Waals surface area contributed by atoms with E-state index in [4.69, 9.17) is 0 Å². The van der Waals surface area contributed by atoms with Crippen LogP contribution in [0.15, 0.2) is 54.6 Å². The van der Waals surface area contributed by atoms with Gasteiger partial charge in [0.1, 0.15) is 0 Å². The molecule has 0 aliphatic heterocycles. The first-order chi connectivity index (χ1) is 11.6. The fourth-order valence-corrected chi connectivity index (χ4v) is 3.41. The van der Waals surface area contributed by atoms with Gasteiger partial charge in [-0.1, -0.05) is 54.6 Å². The number of carbonyl (C=O) groups is 2. The van der Waals surface area contributed by atoms with E-state index in [0.717, 1.165) is 30.4 Å². The lowest BCUT2D eigenvalue weighted by Crippen LogP contribution is -2.35. The third-order valence-corrected chi connectivity index (χ3v) is 4.58. The highest BCUT2D eigenvalue weighted by atomic mass is 16.4. The Labute approximate surface area is 141 Å². The minimum absolute atomic E-state index is 0.0859. The molecular formula is C20H21NO3. The Morgan fingerprint density at radius 2 is 1.79 bits per heavy atom. The summed E-state index contributed by atoms with van der Waals surface area (Å²) >= 11 is 0. The molecule has 1 amide bonds. The maximum Gasteiger partial charge on any atom is 0.305 e. The van der Waals surface area contributed by atoms with Gasteiger partial charge in [-0.2, -0.15) is 0 Å². The highest BCUT2D eigenvalue weighted by molar-refractivity contribution is 5.85. The summed E-state index contributed by atoms with van der Waals surface area (Å²) in [6, 6.07) is 16.8. The molecule has 4 heteroatoms. The second kappa shape index (κ2) is 7.30. The van der Waals surface area contributed by atoms with Gasteiger partial charge in [-0.25, -0.2) is 0 Å². The first-order valence-electron chi connectivity index (χ1n) is 8.30. The highest BCUT2D eigenvalue weighted by Crippen LogP contribution is 2.32. The van der Waals surface area contributed by atoms with Crippen molar-refractivity contribution in [2.45, 2.75) is 37.6 Å². The molecule has 0 radical (unpaired) electrons. The molecule has 0 spiro atoms. The van der Waals surface area contributed by atoms with Crippen LogP contribution < -0.4 is 5.32 Å². The van der Waals surface area contributed by atoms with Gasteiger partial charge in [-0.05, 0) is 36.0 Å². The van der Waals surface area contributed by atoms with Gasteiger partial charge in [0.05, 0.1) is 18.4 Å². The van der Waals surface area contributed by atoms with Crippen LogP contribution >= 0.6 is 0 Å². The summed E-state index contributed by atoms with van der Waals surface area (Å²) in [5.41, 5.74) is 3.11. The number of rotatable bonds is 5. The van der Waals surface area contributed by atoms with E-state index >= 15 is 0 Å². The minimum atomic E-state index is -0.923. The summed E-state index contributed by atoms with van der Waals surface area (Å²) in [4.78, 5) is 24.0. The van der Waals surface area contributed by atoms with Crippen molar-refractivity contribution < 1.29 is 14.7 Å². The van der Waals surface area contributed by atoms with E-state index in [9.17, 15) is 14.7 Å². The average molecular weight is 323 g/mol. The van der Waals surface area contributed by atoms with E-state index in [1.807, 2.05) is 48.5 Å². The summed E-state index contributed by atoms with van der Waals surface area (Å²) in [7, 11) is 0. The van der Waals surface area contributed by atoms with E-state index in [1.54, 1.807) is 0 Å². The largest absolute Gasteiger partial charge is 0.481 e. The standard InChI is InChI=1S/C20H21NO3/c22-19(23)13-18(15-8-2-1-3-9-15)21-20(24)17-12-6-10-14-7-4-5-11-16(14)17/h1-5,7-9,11,17-18H,6,10,12-13H2,(H,21,24)(H,22,23)/t17-,18?/m1/s1. The van der Waals surface area contributed by atoms with Gasteiger partial charge in [-0.3, -0.25) is 9.59 Å². The summed E-state index contributed by atoms with van der Waals surface area (Å²) in [5, 5.41) is 12.1. The third-order valence-electron chi connectivity index (χ3n) is 4.58. The fraction of sp³-hybridized carbons (Fsp3) is 0.300. The molecule has 2 atom stereocenters. The number of amides is 1. The third kappa shape index (κ3) is 3.65. The van der Waals surface area contributed by atoms with Crippen molar-refractivity contribution in [3.05, 3.63) is 71.3 Å². The Morgan fingerprint density at radius 1 is 1.08 bits per heavy atom. The van der Waals surface area contributed by atoms with Crippen molar-refractivity contribution in [1.29, 1.82) is 0 Å². The van der Waals surface area contributed by atoms with Crippen molar-refractivity contribution >= 4 is 11.9 Å². The number of fused-ring (bicyclic) bond motifs is 1. The van der Waals surface area contributed by atoms with Crippen LogP contribution in [0.2, 0.25) is 0 Å². The van der Waals surface area contributed by atoms with E-state index in [-0.39, 0.29) is 18.2 Å². The van der Waals surface area contributed by atoms with Crippen LogP contribution in [0.4, 0.5) is 0 Å². The van der Waals surface area contributed by atoms with Gasteiger partial charge in [0.2, 0.25) is 5.91 Å². The van der Waals surface area contributed by atoms with Crippen molar-refractivity contribution in [3.8, 4) is 0 Å². The zero-order chi connectivity index (χ0) is 16.9. The molecule has 0 saturated carbocycles. The van der Waals surface area contributed by atoms with Crippen LogP contribution in [-0.2, 0) is 16.0 Å². The minimum Gasteiger partial charge on any atom is -0.481 e. The predicted octanol–water partition coefficient (Wildman–Crippen LogP) is 3.44. The van der Waals surface area contributed by atoms with Crippen molar-refractivity contribution in [2.75, 3.05) is 0 Å². The van der Waals surface area contributed by atoms with E-state index in [2.05, 4.69) is 11.4 Å². The van der Waals surface area contributed by atoms with Gasteiger partial charge in [0.15, 0.2) is 0 Å². The summed E-state index contributed by atoms with van der Waals surface area (Å²) < 4.78 is 0. The monoisotopic (exact) mass is 323 g/mol. The summed E-state index contributed by atoms with van der Waals surface area (Å²) in [5.74, 6) is -1.21. The van der Waals surface area contributed by atoms with Crippen molar-refractivity contribution in [2.24, 2.45) is 0 Å². The summed E-state index contributed by atoms with van der Waals surface area (Å²) in [6.07, 6.45) is 2.66. The number of aliphatic carboxylic acids is 1.